The van der Waals surface area contributed by atoms with Gasteiger partial charge < -0.3 is 15.0 Å². The van der Waals surface area contributed by atoms with E-state index in [9.17, 15) is 18.0 Å². The molecule has 0 bridgehead atoms. The molecule has 12 heteroatoms. The Labute approximate surface area is 283 Å². The number of ether oxygens (including phenoxy) is 1. The van der Waals surface area contributed by atoms with Crippen molar-refractivity contribution in [1.82, 2.24) is 20.1 Å². The van der Waals surface area contributed by atoms with Crippen molar-refractivity contribution in [2.24, 2.45) is 10.9 Å². The summed E-state index contributed by atoms with van der Waals surface area (Å²) in [6.45, 7) is 11.4. The van der Waals surface area contributed by atoms with Crippen LogP contribution in [0.2, 0.25) is 0 Å². The molecule has 5 rings (SSSR count). The number of alkyl halides is 3. The lowest BCUT2D eigenvalue weighted by Crippen LogP contribution is -2.42. The summed E-state index contributed by atoms with van der Waals surface area (Å²) in [7, 11) is 0. The van der Waals surface area contributed by atoms with Gasteiger partial charge in [0, 0.05) is 29.6 Å². The third-order valence-corrected chi connectivity index (χ3v) is 9.20. The van der Waals surface area contributed by atoms with E-state index in [1.165, 1.54) is 46.4 Å². The molecule has 1 aliphatic heterocycles. The number of aliphatic imine (C=N–C) groups is 1. The second kappa shape index (κ2) is 15.3. The van der Waals surface area contributed by atoms with Crippen LogP contribution in [-0.2, 0) is 6.42 Å². The number of nitrogens with zero attached hydrogens (tertiary/aromatic N) is 5. The molecule has 1 saturated heterocycles. The minimum absolute atomic E-state index is 0.248. The summed E-state index contributed by atoms with van der Waals surface area (Å²) in [5, 5.41) is 8.22. The Bertz CT molecular complexity index is 1720. The van der Waals surface area contributed by atoms with Crippen LogP contribution in [0.5, 0.6) is 5.75 Å². The molecule has 2 heterocycles. The van der Waals surface area contributed by atoms with Crippen LogP contribution in [0.15, 0.2) is 78.0 Å². The first-order chi connectivity index (χ1) is 22.9. The second-order valence-electron chi connectivity index (χ2n) is 12.5. The number of thioether (sulfide) groups is 1. The normalized spacial score (nSPS) is 16.7. The Hall–Kier alpha value is -4.32. The number of rotatable bonds is 10. The van der Waals surface area contributed by atoms with E-state index in [0.29, 0.717) is 29.9 Å². The zero-order chi connectivity index (χ0) is 34.4. The summed E-state index contributed by atoms with van der Waals surface area (Å²) < 4.78 is 42.7. The molecular formula is C36H41F3N6O2S. The molecule has 4 aromatic rings. The summed E-state index contributed by atoms with van der Waals surface area (Å²) >= 11 is 1.63. The van der Waals surface area contributed by atoms with Crippen LogP contribution in [0.4, 0.5) is 23.7 Å². The van der Waals surface area contributed by atoms with Crippen LogP contribution in [0.1, 0.15) is 63.1 Å². The van der Waals surface area contributed by atoms with Crippen LogP contribution >= 0.6 is 11.8 Å². The predicted octanol–water partition coefficient (Wildman–Crippen LogP) is 8.93. The highest BCUT2D eigenvalue weighted by Crippen LogP contribution is 2.35. The molecule has 8 nitrogen and oxygen atoms in total. The molecule has 0 saturated carbocycles. The molecule has 48 heavy (non-hydrogen) atoms. The Balaban J connectivity index is 1.13. The van der Waals surface area contributed by atoms with Gasteiger partial charge in [-0.2, -0.15) is 4.99 Å². The van der Waals surface area contributed by atoms with E-state index in [2.05, 4.69) is 82.8 Å². The van der Waals surface area contributed by atoms with Gasteiger partial charge in [0.05, 0.1) is 5.69 Å². The number of carbonyl (C=O) groups excluding carboxylic acids is 1. The zero-order valence-electron chi connectivity index (χ0n) is 27.8. The van der Waals surface area contributed by atoms with E-state index in [-0.39, 0.29) is 17.8 Å². The number of amides is 2. The first-order valence-corrected chi connectivity index (χ1v) is 17.1. The van der Waals surface area contributed by atoms with Crippen molar-refractivity contribution in [3.63, 3.8) is 0 Å². The quantitative estimate of drug-likeness (QED) is 0.180. The van der Waals surface area contributed by atoms with E-state index in [4.69, 9.17) is 0 Å². The SMILES string of the molecule is Cc1ccc(C(C)C)c(N2C(=NC(=O)NCCC(C)Cc3ccc(-c4ncn(-c5ccc(OC(F)(F)F)cc5)n4)cc3)SCCC2C)c1. The summed E-state index contributed by atoms with van der Waals surface area (Å²) in [6, 6.07) is 19.9. The van der Waals surface area contributed by atoms with Crippen molar-refractivity contribution in [3.05, 3.63) is 89.7 Å². The van der Waals surface area contributed by atoms with Crippen molar-refractivity contribution < 1.29 is 22.7 Å². The lowest BCUT2D eigenvalue weighted by Gasteiger charge is -2.37. The van der Waals surface area contributed by atoms with Crippen LogP contribution in [0, 0.1) is 12.8 Å². The van der Waals surface area contributed by atoms with Crippen LogP contribution in [0.25, 0.3) is 17.1 Å². The molecule has 0 aliphatic carbocycles. The van der Waals surface area contributed by atoms with Gasteiger partial charge in [0.25, 0.3) is 0 Å². The molecule has 3 aromatic carbocycles. The fraction of sp³-hybridized carbons (Fsp3) is 0.389. The molecule has 254 valence electrons. The fourth-order valence-electron chi connectivity index (χ4n) is 5.65. The highest BCUT2D eigenvalue weighted by molar-refractivity contribution is 8.14. The Morgan fingerprint density at radius 1 is 1.08 bits per heavy atom. The molecule has 2 atom stereocenters. The standard InChI is InChI=1S/C36H41F3N6O2S/c1-23(2)31-15-6-24(3)21-32(31)45-26(5)17-19-48-35(45)42-34(46)40-18-16-25(4)20-27-7-9-28(10-8-27)33-41-22-44(43-33)29-11-13-30(14-12-29)47-36(37,38)39/h6-15,21-23,25-26H,16-20H2,1-5H3,(H,40,46). The Kier molecular flexibility index (Phi) is 11.1. The van der Waals surface area contributed by atoms with E-state index in [1.807, 2.05) is 24.3 Å². The molecule has 2 amide bonds. The average Bonchev–Trinajstić information content (AvgIpc) is 3.51. The van der Waals surface area contributed by atoms with E-state index >= 15 is 0 Å². The molecule has 1 N–H and O–H groups in total. The minimum atomic E-state index is -4.74. The lowest BCUT2D eigenvalue weighted by molar-refractivity contribution is -0.274. The van der Waals surface area contributed by atoms with Gasteiger partial charge in [-0.3, -0.25) is 0 Å². The maximum atomic E-state index is 13.0. The third-order valence-electron chi connectivity index (χ3n) is 8.21. The number of carbonyl (C=O) groups is 1. The van der Waals surface area contributed by atoms with Crippen molar-refractivity contribution in [1.29, 1.82) is 0 Å². The Morgan fingerprint density at radius 2 is 1.81 bits per heavy atom. The number of anilines is 1. The van der Waals surface area contributed by atoms with Gasteiger partial charge in [-0.05, 0) is 92.0 Å². The van der Waals surface area contributed by atoms with Gasteiger partial charge in [-0.1, -0.05) is 68.9 Å². The van der Waals surface area contributed by atoms with Gasteiger partial charge in [0.15, 0.2) is 11.0 Å². The predicted molar refractivity (Wildman–Crippen MR) is 186 cm³/mol. The van der Waals surface area contributed by atoms with Crippen molar-refractivity contribution in [2.45, 2.75) is 72.2 Å². The monoisotopic (exact) mass is 678 g/mol. The smallest absolute Gasteiger partial charge is 0.406 e. The lowest BCUT2D eigenvalue weighted by atomic mass is 9.97. The van der Waals surface area contributed by atoms with Crippen LogP contribution in [0.3, 0.4) is 0 Å². The number of aryl methyl sites for hydroxylation is 1. The van der Waals surface area contributed by atoms with Crippen LogP contribution < -0.4 is 15.0 Å². The number of hydrogen-bond donors (Lipinski definition) is 1. The molecule has 1 fully saturated rings. The van der Waals surface area contributed by atoms with Crippen LogP contribution in [-0.4, -0.2) is 50.7 Å². The number of benzene rings is 3. The largest absolute Gasteiger partial charge is 0.573 e. The summed E-state index contributed by atoms with van der Waals surface area (Å²) in [5.41, 5.74) is 6.10. The molecular weight excluding hydrogens is 637 g/mol. The summed E-state index contributed by atoms with van der Waals surface area (Å²) in [5.74, 6) is 1.81. The summed E-state index contributed by atoms with van der Waals surface area (Å²) in [4.78, 5) is 24.1. The van der Waals surface area contributed by atoms with Gasteiger partial charge >= 0.3 is 12.4 Å². The number of hydrogen-bond acceptors (Lipinski definition) is 5. The zero-order valence-corrected chi connectivity index (χ0v) is 28.6. The number of aromatic nitrogens is 3. The highest BCUT2D eigenvalue weighted by atomic mass is 32.2. The van der Waals surface area contributed by atoms with E-state index < -0.39 is 6.36 Å². The van der Waals surface area contributed by atoms with Gasteiger partial charge in [-0.15, -0.1) is 18.3 Å². The number of urea groups is 1. The van der Waals surface area contributed by atoms with Gasteiger partial charge in [0.2, 0.25) is 0 Å². The summed E-state index contributed by atoms with van der Waals surface area (Å²) in [6.07, 6.45) is -0.560. The second-order valence-corrected chi connectivity index (χ2v) is 13.6. The first kappa shape index (κ1) is 35.0. The number of nitrogens with one attached hydrogen (secondary N) is 1. The molecule has 1 aliphatic rings. The highest BCUT2D eigenvalue weighted by Gasteiger charge is 2.31. The van der Waals surface area contributed by atoms with Crippen molar-refractivity contribution in [3.8, 4) is 22.8 Å². The average molecular weight is 679 g/mol. The first-order valence-electron chi connectivity index (χ1n) is 16.1. The number of amidine groups is 1. The topological polar surface area (TPSA) is 84.6 Å². The van der Waals surface area contributed by atoms with E-state index in [1.54, 1.807) is 11.8 Å². The third kappa shape index (κ3) is 9.18. The minimum Gasteiger partial charge on any atom is -0.406 e. The van der Waals surface area contributed by atoms with Gasteiger partial charge in [-0.25, -0.2) is 14.5 Å². The maximum absolute atomic E-state index is 13.0. The number of halogens is 3. The Morgan fingerprint density at radius 3 is 2.50 bits per heavy atom. The molecule has 0 radical (unpaired) electrons. The van der Waals surface area contributed by atoms with Crippen molar-refractivity contribution >= 4 is 28.6 Å². The molecule has 2 unspecified atom stereocenters. The van der Waals surface area contributed by atoms with Crippen molar-refractivity contribution in [2.75, 3.05) is 17.2 Å². The molecule has 1 aromatic heterocycles. The maximum Gasteiger partial charge on any atom is 0.573 e. The van der Waals surface area contributed by atoms with E-state index in [0.717, 1.165) is 47.0 Å². The molecule has 0 spiro atoms. The van der Waals surface area contributed by atoms with Gasteiger partial charge in [0.1, 0.15) is 12.1 Å². The fourth-order valence-corrected chi connectivity index (χ4v) is 6.86.